The summed E-state index contributed by atoms with van der Waals surface area (Å²) >= 11 is 0. The minimum absolute atomic E-state index is 0.361. The van der Waals surface area contributed by atoms with Crippen LogP contribution in [-0.2, 0) is 17.7 Å². The molecule has 32 heavy (non-hydrogen) atoms. The topological polar surface area (TPSA) is 61.2 Å². The predicted octanol–water partition coefficient (Wildman–Crippen LogP) is 5.69. The molecule has 5 heteroatoms. The minimum atomic E-state index is -0.361. The van der Waals surface area contributed by atoms with Gasteiger partial charge in [-0.05, 0) is 35.2 Å². The Kier molecular flexibility index (Phi) is 6.45. The summed E-state index contributed by atoms with van der Waals surface area (Å²) in [6.45, 7) is 2.75. The number of aldehydes is 1. The van der Waals surface area contributed by atoms with Crippen molar-refractivity contribution >= 4 is 23.3 Å². The molecule has 0 saturated heterocycles. The van der Waals surface area contributed by atoms with Crippen LogP contribution in [0.3, 0.4) is 0 Å². The molecule has 0 aliphatic rings. The van der Waals surface area contributed by atoms with Gasteiger partial charge in [-0.1, -0.05) is 67.9 Å². The number of aryl methyl sites for hydroxylation is 1. The predicted molar refractivity (Wildman–Crippen MR) is 126 cm³/mol. The number of methoxy groups -OCH3 is 1. The fourth-order valence-electron chi connectivity index (χ4n) is 4.04. The van der Waals surface area contributed by atoms with Crippen LogP contribution in [0.1, 0.15) is 51.9 Å². The zero-order valence-corrected chi connectivity index (χ0v) is 18.4. The number of imidazole rings is 1. The third-order valence-corrected chi connectivity index (χ3v) is 5.70. The highest BCUT2D eigenvalue weighted by atomic mass is 16.5. The fourth-order valence-corrected chi connectivity index (χ4v) is 4.04. The first kappa shape index (κ1) is 21.5. The Bertz CT molecular complexity index is 1260. The number of hydrogen-bond acceptors (Lipinski definition) is 4. The van der Waals surface area contributed by atoms with Gasteiger partial charge in [-0.25, -0.2) is 9.78 Å². The van der Waals surface area contributed by atoms with Crippen LogP contribution in [0.4, 0.5) is 0 Å². The van der Waals surface area contributed by atoms with Crippen LogP contribution in [0.2, 0.25) is 0 Å². The smallest absolute Gasteiger partial charge is 0.340 e. The standard InChI is InChI=1S/C27H26N2O3/c1-3-4-12-25-28-24-11-7-10-23(27(31)32-2)26(24)29(25)17-19-13-15-20(16-14-19)22-9-6-5-8-21(22)18-30/h5-11,13-16,18H,3-4,12,17H2,1-2H3. The average Bonchev–Trinajstić information content (AvgIpc) is 3.19. The Morgan fingerprint density at radius 3 is 2.53 bits per heavy atom. The molecular weight excluding hydrogens is 400 g/mol. The van der Waals surface area contributed by atoms with Gasteiger partial charge in [-0.3, -0.25) is 4.79 Å². The van der Waals surface area contributed by atoms with Crippen LogP contribution in [-0.4, -0.2) is 28.9 Å². The maximum absolute atomic E-state index is 12.4. The van der Waals surface area contributed by atoms with Crippen molar-refractivity contribution in [2.75, 3.05) is 7.11 Å². The molecule has 0 aliphatic carbocycles. The molecule has 0 unspecified atom stereocenters. The lowest BCUT2D eigenvalue weighted by molar-refractivity contribution is 0.0602. The highest BCUT2D eigenvalue weighted by Crippen LogP contribution is 2.26. The molecule has 0 amide bonds. The third kappa shape index (κ3) is 4.19. The van der Waals surface area contributed by atoms with Crippen LogP contribution >= 0.6 is 0 Å². The van der Waals surface area contributed by atoms with Crippen LogP contribution < -0.4 is 0 Å². The maximum Gasteiger partial charge on any atom is 0.340 e. The summed E-state index contributed by atoms with van der Waals surface area (Å²) in [6.07, 6.45) is 3.82. The molecule has 1 aromatic heterocycles. The lowest BCUT2D eigenvalue weighted by atomic mass is 9.99. The number of carbonyl (C=O) groups is 2. The van der Waals surface area contributed by atoms with Crippen molar-refractivity contribution in [1.29, 1.82) is 0 Å². The van der Waals surface area contributed by atoms with Gasteiger partial charge in [0.1, 0.15) is 5.82 Å². The Morgan fingerprint density at radius 2 is 1.81 bits per heavy atom. The van der Waals surface area contributed by atoms with Crippen molar-refractivity contribution in [3.63, 3.8) is 0 Å². The lowest BCUT2D eigenvalue weighted by Crippen LogP contribution is -2.09. The van der Waals surface area contributed by atoms with Gasteiger partial charge in [-0.15, -0.1) is 0 Å². The van der Waals surface area contributed by atoms with E-state index in [9.17, 15) is 9.59 Å². The summed E-state index contributed by atoms with van der Waals surface area (Å²) in [4.78, 5) is 28.6. The molecule has 162 valence electrons. The second-order valence-corrected chi connectivity index (χ2v) is 7.78. The van der Waals surface area contributed by atoms with Gasteiger partial charge in [0.25, 0.3) is 0 Å². The normalized spacial score (nSPS) is 10.9. The number of benzene rings is 3. The number of hydrogen-bond donors (Lipinski definition) is 0. The Labute approximate surface area is 187 Å². The molecule has 0 bridgehead atoms. The van der Waals surface area contributed by atoms with E-state index in [2.05, 4.69) is 23.6 Å². The van der Waals surface area contributed by atoms with E-state index in [-0.39, 0.29) is 5.97 Å². The second-order valence-electron chi connectivity index (χ2n) is 7.78. The van der Waals surface area contributed by atoms with E-state index in [4.69, 9.17) is 9.72 Å². The van der Waals surface area contributed by atoms with E-state index in [1.807, 2.05) is 48.5 Å². The maximum atomic E-state index is 12.4. The van der Waals surface area contributed by atoms with E-state index in [0.29, 0.717) is 17.7 Å². The molecule has 0 atom stereocenters. The number of aromatic nitrogens is 2. The van der Waals surface area contributed by atoms with Gasteiger partial charge in [0.05, 0.1) is 23.7 Å². The summed E-state index contributed by atoms with van der Waals surface area (Å²) in [6, 6.07) is 21.3. The summed E-state index contributed by atoms with van der Waals surface area (Å²) in [5.41, 5.74) is 5.81. The first-order chi connectivity index (χ1) is 15.7. The van der Waals surface area contributed by atoms with Crippen molar-refractivity contribution in [3.8, 4) is 11.1 Å². The lowest BCUT2D eigenvalue weighted by Gasteiger charge is -2.12. The number of fused-ring (bicyclic) bond motifs is 1. The van der Waals surface area contributed by atoms with Crippen LogP contribution in [0.25, 0.3) is 22.2 Å². The van der Waals surface area contributed by atoms with E-state index >= 15 is 0 Å². The third-order valence-electron chi connectivity index (χ3n) is 5.70. The summed E-state index contributed by atoms with van der Waals surface area (Å²) < 4.78 is 7.15. The highest BCUT2D eigenvalue weighted by Gasteiger charge is 2.18. The van der Waals surface area contributed by atoms with Gasteiger partial charge in [0.15, 0.2) is 6.29 Å². The number of nitrogens with zero attached hydrogens (tertiary/aromatic N) is 2. The van der Waals surface area contributed by atoms with E-state index in [1.165, 1.54) is 7.11 Å². The molecule has 0 aliphatic heterocycles. The Balaban J connectivity index is 1.74. The van der Waals surface area contributed by atoms with Gasteiger partial charge in [-0.2, -0.15) is 0 Å². The molecule has 5 nitrogen and oxygen atoms in total. The second kappa shape index (κ2) is 9.60. The monoisotopic (exact) mass is 426 g/mol. The van der Waals surface area contributed by atoms with Crippen molar-refractivity contribution in [2.45, 2.75) is 32.7 Å². The molecule has 3 aromatic carbocycles. The summed E-state index contributed by atoms with van der Waals surface area (Å²) in [7, 11) is 1.40. The van der Waals surface area contributed by atoms with Gasteiger partial charge in [0.2, 0.25) is 0 Å². The number of carbonyl (C=O) groups excluding carboxylic acids is 2. The van der Waals surface area contributed by atoms with E-state index < -0.39 is 0 Å². The highest BCUT2D eigenvalue weighted by molar-refractivity contribution is 6.02. The molecule has 0 spiro atoms. The van der Waals surface area contributed by atoms with Gasteiger partial charge < -0.3 is 9.30 Å². The first-order valence-corrected chi connectivity index (χ1v) is 10.9. The van der Waals surface area contributed by atoms with Gasteiger partial charge >= 0.3 is 5.97 Å². The largest absolute Gasteiger partial charge is 0.465 e. The number of rotatable bonds is 8. The number of ether oxygens (including phenoxy) is 1. The Hall–Kier alpha value is -3.73. The van der Waals surface area contributed by atoms with Crippen molar-refractivity contribution < 1.29 is 14.3 Å². The quantitative estimate of drug-likeness (QED) is 0.268. The molecule has 0 N–H and O–H groups in total. The molecule has 4 rings (SSSR count). The molecule has 1 heterocycles. The molecule has 0 fully saturated rings. The molecular formula is C27H26N2O3. The minimum Gasteiger partial charge on any atom is -0.465 e. The summed E-state index contributed by atoms with van der Waals surface area (Å²) in [5.74, 6) is 0.605. The first-order valence-electron chi connectivity index (χ1n) is 10.9. The van der Waals surface area contributed by atoms with Crippen LogP contribution in [0, 0.1) is 0 Å². The van der Waals surface area contributed by atoms with Crippen molar-refractivity contribution in [3.05, 3.63) is 89.2 Å². The molecule has 4 aromatic rings. The van der Waals surface area contributed by atoms with Crippen LogP contribution in [0.15, 0.2) is 66.7 Å². The number of unbranched alkanes of at least 4 members (excludes halogenated alkanes) is 1. The molecule has 0 radical (unpaired) electrons. The van der Waals surface area contributed by atoms with Gasteiger partial charge in [0, 0.05) is 18.5 Å². The van der Waals surface area contributed by atoms with Crippen LogP contribution in [0.5, 0.6) is 0 Å². The Morgan fingerprint density at radius 1 is 1.03 bits per heavy atom. The van der Waals surface area contributed by atoms with E-state index in [0.717, 1.165) is 59.1 Å². The zero-order valence-electron chi connectivity index (χ0n) is 18.4. The molecule has 0 saturated carbocycles. The van der Waals surface area contributed by atoms with E-state index in [1.54, 1.807) is 6.07 Å². The van der Waals surface area contributed by atoms with Crippen molar-refractivity contribution in [1.82, 2.24) is 9.55 Å². The fraction of sp³-hybridized carbons (Fsp3) is 0.222. The number of para-hydroxylation sites is 1. The summed E-state index contributed by atoms with van der Waals surface area (Å²) in [5, 5.41) is 0. The average molecular weight is 427 g/mol. The SMILES string of the molecule is CCCCc1nc2cccc(C(=O)OC)c2n1Cc1ccc(-c2ccccc2C=O)cc1. The van der Waals surface area contributed by atoms with Crippen molar-refractivity contribution in [2.24, 2.45) is 0 Å². The zero-order chi connectivity index (χ0) is 22.5. The number of esters is 1.